The topological polar surface area (TPSA) is 40.1 Å². The van der Waals surface area contributed by atoms with Gasteiger partial charge in [-0.05, 0) is 37.8 Å². The molecule has 0 bridgehead atoms. The molecule has 4 rings (SSSR count). The summed E-state index contributed by atoms with van der Waals surface area (Å²) in [7, 11) is 0. The molecule has 3 fully saturated rings. The number of likely N-dealkylation sites (tertiary alicyclic amines) is 1. The van der Waals surface area contributed by atoms with Crippen LogP contribution in [0.15, 0.2) is 33.7 Å². The molecule has 3 aliphatic rings. The number of morpholine rings is 1. The van der Waals surface area contributed by atoms with E-state index in [1.165, 1.54) is 29.3 Å². The van der Waals surface area contributed by atoms with E-state index in [1.807, 2.05) is 0 Å². The fourth-order valence-corrected chi connectivity index (χ4v) is 5.09. The van der Waals surface area contributed by atoms with Crippen LogP contribution in [-0.4, -0.2) is 74.3 Å². The van der Waals surface area contributed by atoms with Crippen LogP contribution < -0.4 is 5.32 Å². The third-order valence-corrected chi connectivity index (χ3v) is 6.88. The van der Waals surface area contributed by atoms with Crippen molar-refractivity contribution >= 4 is 21.9 Å². The Morgan fingerprint density at radius 2 is 2.04 bits per heavy atom. The molecule has 1 saturated carbocycles. The van der Waals surface area contributed by atoms with Crippen LogP contribution in [0, 0.1) is 0 Å². The zero-order valence-corrected chi connectivity index (χ0v) is 17.9. The zero-order chi connectivity index (χ0) is 18.7. The Morgan fingerprint density at radius 1 is 1.26 bits per heavy atom. The largest absolute Gasteiger partial charge is 0.379 e. The second-order valence-electron chi connectivity index (χ2n) is 7.97. The molecule has 148 valence electrons. The van der Waals surface area contributed by atoms with E-state index in [0.717, 1.165) is 58.4 Å². The van der Waals surface area contributed by atoms with Gasteiger partial charge >= 0.3 is 0 Å². The highest BCUT2D eigenvalue weighted by molar-refractivity contribution is 9.10. The molecule has 1 N–H and O–H groups in total. The molecular formula is C21H31BrN4O. The van der Waals surface area contributed by atoms with Gasteiger partial charge in [-0.15, -0.1) is 0 Å². The van der Waals surface area contributed by atoms with Gasteiger partial charge in [-0.2, -0.15) is 0 Å². The molecule has 1 atom stereocenters. The smallest absolute Gasteiger partial charge is 0.193 e. The van der Waals surface area contributed by atoms with E-state index in [4.69, 9.17) is 9.73 Å². The summed E-state index contributed by atoms with van der Waals surface area (Å²) in [6.45, 7) is 10.00. The minimum Gasteiger partial charge on any atom is -0.379 e. The second-order valence-corrected chi connectivity index (χ2v) is 8.82. The maximum atomic E-state index is 5.51. The van der Waals surface area contributed by atoms with Crippen molar-refractivity contribution in [3.8, 4) is 0 Å². The van der Waals surface area contributed by atoms with Crippen LogP contribution in [0.3, 0.4) is 0 Å². The van der Waals surface area contributed by atoms with Gasteiger partial charge in [0.25, 0.3) is 0 Å². The van der Waals surface area contributed by atoms with E-state index in [2.05, 4.69) is 62.2 Å². The molecule has 0 spiro atoms. The fourth-order valence-electron chi connectivity index (χ4n) is 4.38. The van der Waals surface area contributed by atoms with Crippen LogP contribution in [0.4, 0.5) is 0 Å². The van der Waals surface area contributed by atoms with Gasteiger partial charge in [-0.3, -0.25) is 9.89 Å². The van der Waals surface area contributed by atoms with Crippen molar-refractivity contribution in [1.82, 2.24) is 15.1 Å². The second kappa shape index (κ2) is 8.50. The van der Waals surface area contributed by atoms with Crippen LogP contribution in [0.25, 0.3) is 0 Å². The summed E-state index contributed by atoms with van der Waals surface area (Å²) < 4.78 is 6.73. The number of halogens is 1. The first kappa shape index (κ1) is 19.2. The lowest BCUT2D eigenvalue weighted by atomic mass is 9.96. The van der Waals surface area contributed by atoms with Crippen LogP contribution >= 0.6 is 15.9 Å². The van der Waals surface area contributed by atoms with Gasteiger partial charge in [0, 0.05) is 48.7 Å². The lowest BCUT2D eigenvalue weighted by Crippen LogP contribution is -2.46. The number of nitrogens with zero attached hydrogens (tertiary/aromatic N) is 3. The van der Waals surface area contributed by atoms with Gasteiger partial charge in [0.15, 0.2) is 5.96 Å². The van der Waals surface area contributed by atoms with Crippen molar-refractivity contribution < 1.29 is 4.74 Å². The van der Waals surface area contributed by atoms with E-state index < -0.39 is 0 Å². The minimum atomic E-state index is 0.226. The number of aliphatic imine (C=N–C) groups is 1. The van der Waals surface area contributed by atoms with Crippen LogP contribution in [0.1, 0.15) is 31.7 Å². The molecule has 27 heavy (non-hydrogen) atoms. The van der Waals surface area contributed by atoms with Gasteiger partial charge in [0.1, 0.15) is 0 Å². The molecule has 1 aliphatic carbocycles. The lowest BCUT2D eigenvalue weighted by Gasteiger charge is -2.32. The summed E-state index contributed by atoms with van der Waals surface area (Å²) in [5.41, 5.74) is 1.64. The Balaban J connectivity index is 1.43. The monoisotopic (exact) mass is 434 g/mol. The number of ether oxygens (including phenoxy) is 1. The van der Waals surface area contributed by atoms with Gasteiger partial charge in [0.2, 0.25) is 0 Å². The predicted octanol–water partition coefficient (Wildman–Crippen LogP) is 2.85. The molecule has 1 unspecified atom stereocenters. The van der Waals surface area contributed by atoms with Gasteiger partial charge < -0.3 is 15.0 Å². The van der Waals surface area contributed by atoms with Crippen molar-refractivity contribution in [2.75, 3.05) is 52.5 Å². The van der Waals surface area contributed by atoms with E-state index >= 15 is 0 Å². The highest BCUT2D eigenvalue weighted by atomic mass is 79.9. The molecule has 2 saturated heterocycles. The van der Waals surface area contributed by atoms with E-state index in [-0.39, 0.29) is 5.41 Å². The van der Waals surface area contributed by atoms with Crippen molar-refractivity contribution in [1.29, 1.82) is 0 Å². The number of rotatable bonds is 5. The Morgan fingerprint density at radius 3 is 2.74 bits per heavy atom. The van der Waals surface area contributed by atoms with Crippen molar-refractivity contribution in [3.63, 3.8) is 0 Å². The van der Waals surface area contributed by atoms with Gasteiger partial charge in [-0.25, -0.2) is 0 Å². The number of hydrogen-bond acceptors (Lipinski definition) is 3. The summed E-state index contributed by atoms with van der Waals surface area (Å²) in [6.07, 6.45) is 3.68. The van der Waals surface area contributed by atoms with Crippen LogP contribution in [0.2, 0.25) is 0 Å². The quantitative estimate of drug-likeness (QED) is 0.571. The maximum absolute atomic E-state index is 5.51. The van der Waals surface area contributed by atoms with Crippen molar-refractivity contribution in [2.45, 2.75) is 37.6 Å². The SMILES string of the molecule is CCNC(=NCC1(c2ccccc2Br)CC1)N1CCC(N2CCOCC2)C1. The van der Waals surface area contributed by atoms with Gasteiger partial charge in [-0.1, -0.05) is 34.1 Å². The first-order valence-electron chi connectivity index (χ1n) is 10.3. The predicted molar refractivity (Wildman–Crippen MR) is 113 cm³/mol. The molecule has 2 heterocycles. The Bertz CT molecular complexity index is 670. The van der Waals surface area contributed by atoms with Crippen molar-refractivity contribution in [3.05, 3.63) is 34.3 Å². The Hall–Kier alpha value is -1.11. The lowest BCUT2D eigenvalue weighted by molar-refractivity contribution is 0.0195. The Kier molecular flexibility index (Phi) is 6.05. The molecule has 1 aromatic carbocycles. The zero-order valence-electron chi connectivity index (χ0n) is 16.3. The fraction of sp³-hybridized carbons (Fsp3) is 0.667. The number of nitrogens with one attached hydrogen (secondary N) is 1. The summed E-state index contributed by atoms with van der Waals surface area (Å²) in [5.74, 6) is 1.09. The molecule has 0 amide bonds. The number of hydrogen-bond donors (Lipinski definition) is 1. The first-order valence-corrected chi connectivity index (χ1v) is 11.1. The van der Waals surface area contributed by atoms with Crippen molar-refractivity contribution in [2.24, 2.45) is 4.99 Å². The minimum absolute atomic E-state index is 0.226. The molecule has 1 aromatic rings. The third kappa shape index (κ3) is 4.33. The van der Waals surface area contributed by atoms with Crippen LogP contribution in [-0.2, 0) is 10.2 Å². The molecule has 0 radical (unpaired) electrons. The third-order valence-electron chi connectivity index (χ3n) is 6.19. The first-order chi connectivity index (χ1) is 13.2. The van der Waals surface area contributed by atoms with E-state index in [0.29, 0.717) is 6.04 Å². The van der Waals surface area contributed by atoms with E-state index in [9.17, 15) is 0 Å². The average Bonchev–Trinajstić information content (AvgIpc) is 3.32. The standard InChI is InChI=1S/C21H31BrN4O/c1-2-23-20(26-10-7-17(15-26)25-11-13-27-14-12-25)24-16-21(8-9-21)18-5-3-4-6-19(18)22/h3-6,17H,2,7-16H2,1H3,(H,23,24). The molecule has 6 heteroatoms. The molecule has 5 nitrogen and oxygen atoms in total. The molecule has 0 aromatic heterocycles. The summed E-state index contributed by atoms with van der Waals surface area (Å²) in [4.78, 5) is 10.1. The molecular weight excluding hydrogens is 404 g/mol. The Labute approximate surface area is 171 Å². The van der Waals surface area contributed by atoms with Crippen LogP contribution in [0.5, 0.6) is 0 Å². The highest BCUT2D eigenvalue weighted by Crippen LogP contribution is 2.50. The highest BCUT2D eigenvalue weighted by Gasteiger charge is 2.45. The summed E-state index contributed by atoms with van der Waals surface area (Å²) >= 11 is 3.74. The average molecular weight is 435 g/mol. The van der Waals surface area contributed by atoms with Gasteiger partial charge in [0.05, 0.1) is 19.8 Å². The maximum Gasteiger partial charge on any atom is 0.193 e. The number of benzene rings is 1. The normalized spacial score (nSPS) is 25.6. The summed E-state index contributed by atoms with van der Waals surface area (Å²) in [5, 5.41) is 3.54. The molecule has 2 aliphatic heterocycles. The van der Waals surface area contributed by atoms with E-state index in [1.54, 1.807) is 0 Å². The summed E-state index contributed by atoms with van der Waals surface area (Å²) in [6, 6.07) is 9.27. The number of guanidine groups is 1.